The number of hydrogen-bond acceptors (Lipinski definition) is 4. The van der Waals surface area contributed by atoms with Crippen molar-refractivity contribution in [3.8, 4) is 0 Å². The lowest BCUT2D eigenvalue weighted by molar-refractivity contribution is 1.43. The maximum atomic E-state index is 5.70. The van der Waals surface area contributed by atoms with Crippen LogP contribution in [0.5, 0.6) is 0 Å². The Bertz CT molecular complexity index is 393. The molecule has 2 aromatic rings. The second-order valence-electron chi connectivity index (χ2n) is 2.30. The Balaban J connectivity index is 2.93. The molecule has 56 valence electrons. The molecule has 3 nitrogen and oxygen atoms in total. The van der Waals surface area contributed by atoms with Crippen LogP contribution in [0.25, 0.3) is 10.9 Å². The van der Waals surface area contributed by atoms with E-state index in [4.69, 9.17) is 11.5 Å². The number of aromatic nitrogens is 1. The van der Waals surface area contributed by atoms with E-state index in [1.165, 1.54) is 0 Å². The average molecular weight is 165 g/mol. The van der Waals surface area contributed by atoms with Crippen LogP contribution in [0.2, 0.25) is 0 Å². The summed E-state index contributed by atoms with van der Waals surface area (Å²) in [5, 5.41) is 4.86. The Kier molecular flexibility index (Phi) is 1.22. The molecule has 0 unspecified atom stereocenters. The molecule has 0 aliphatic rings. The van der Waals surface area contributed by atoms with Gasteiger partial charge in [0, 0.05) is 16.1 Å². The zero-order valence-corrected chi connectivity index (χ0v) is 6.56. The molecular formula is C7H7N3S. The number of nitrogens with two attached hydrogens (primary N) is 2. The summed E-state index contributed by atoms with van der Waals surface area (Å²) in [6.07, 6.45) is 1.59. The first-order valence-corrected chi connectivity index (χ1v) is 4.09. The highest BCUT2D eigenvalue weighted by Gasteiger charge is 2.02. The third-order valence-corrected chi connectivity index (χ3v) is 2.32. The molecular weight excluding hydrogens is 158 g/mol. The first-order valence-electron chi connectivity index (χ1n) is 3.15. The van der Waals surface area contributed by atoms with Gasteiger partial charge in [-0.3, -0.25) is 4.98 Å². The van der Waals surface area contributed by atoms with Gasteiger partial charge in [-0.25, -0.2) is 0 Å². The second kappa shape index (κ2) is 2.10. The number of pyridine rings is 1. The van der Waals surface area contributed by atoms with Gasteiger partial charge in [0.25, 0.3) is 0 Å². The minimum atomic E-state index is 0.552. The zero-order chi connectivity index (χ0) is 7.84. The SMILES string of the molecule is Nc1cnc2cscc2c1N. The smallest absolute Gasteiger partial charge is 0.0831 e. The topological polar surface area (TPSA) is 64.9 Å². The fourth-order valence-corrected chi connectivity index (χ4v) is 1.72. The highest BCUT2D eigenvalue weighted by Crippen LogP contribution is 2.26. The molecule has 0 aliphatic carbocycles. The summed E-state index contributed by atoms with van der Waals surface area (Å²) in [5.74, 6) is 0. The van der Waals surface area contributed by atoms with Crippen molar-refractivity contribution in [1.29, 1.82) is 0 Å². The van der Waals surface area contributed by atoms with E-state index in [1.807, 2.05) is 10.8 Å². The van der Waals surface area contributed by atoms with E-state index in [-0.39, 0.29) is 0 Å². The van der Waals surface area contributed by atoms with E-state index in [0.29, 0.717) is 11.4 Å². The summed E-state index contributed by atoms with van der Waals surface area (Å²) in [6, 6.07) is 0. The van der Waals surface area contributed by atoms with E-state index < -0.39 is 0 Å². The van der Waals surface area contributed by atoms with Crippen LogP contribution in [-0.4, -0.2) is 4.98 Å². The van der Waals surface area contributed by atoms with Gasteiger partial charge in [-0.1, -0.05) is 0 Å². The molecule has 0 saturated carbocycles. The Labute approximate surface area is 67.7 Å². The molecule has 0 bridgehead atoms. The Morgan fingerprint density at radius 3 is 2.91 bits per heavy atom. The third kappa shape index (κ3) is 0.832. The van der Waals surface area contributed by atoms with Crippen molar-refractivity contribution in [2.45, 2.75) is 0 Å². The number of nitrogen functional groups attached to an aromatic ring is 2. The maximum absolute atomic E-state index is 5.70. The first kappa shape index (κ1) is 6.42. The monoisotopic (exact) mass is 165 g/mol. The van der Waals surface area contributed by atoms with Crippen molar-refractivity contribution in [3.63, 3.8) is 0 Å². The molecule has 2 heterocycles. The lowest BCUT2D eigenvalue weighted by Gasteiger charge is -1.98. The van der Waals surface area contributed by atoms with Crippen LogP contribution in [0.1, 0.15) is 0 Å². The molecule has 0 aromatic carbocycles. The first-order chi connectivity index (χ1) is 5.29. The van der Waals surface area contributed by atoms with Gasteiger partial charge >= 0.3 is 0 Å². The molecule has 2 rings (SSSR count). The molecule has 0 spiro atoms. The number of rotatable bonds is 0. The van der Waals surface area contributed by atoms with Crippen molar-refractivity contribution >= 4 is 33.6 Å². The highest BCUT2D eigenvalue weighted by atomic mass is 32.1. The summed E-state index contributed by atoms with van der Waals surface area (Å²) in [5.41, 5.74) is 13.4. The molecule has 4 heteroatoms. The minimum Gasteiger partial charge on any atom is -0.396 e. The van der Waals surface area contributed by atoms with E-state index in [0.717, 1.165) is 10.9 Å². The second-order valence-corrected chi connectivity index (χ2v) is 3.04. The van der Waals surface area contributed by atoms with Crippen LogP contribution in [0.3, 0.4) is 0 Å². The van der Waals surface area contributed by atoms with Crippen LogP contribution in [0.4, 0.5) is 11.4 Å². The normalized spacial score (nSPS) is 10.5. The van der Waals surface area contributed by atoms with Gasteiger partial charge in [-0.2, -0.15) is 0 Å². The average Bonchev–Trinajstić information content (AvgIpc) is 2.45. The largest absolute Gasteiger partial charge is 0.396 e. The summed E-state index contributed by atoms with van der Waals surface area (Å²) in [7, 11) is 0. The summed E-state index contributed by atoms with van der Waals surface area (Å²) < 4.78 is 0. The van der Waals surface area contributed by atoms with Gasteiger partial charge in [-0.05, 0) is 0 Å². The molecule has 11 heavy (non-hydrogen) atoms. The maximum Gasteiger partial charge on any atom is 0.0831 e. The van der Waals surface area contributed by atoms with E-state index in [9.17, 15) is 0 Å². The van der Waals surface area contributed by atoms with E-state index in [1.54, 1.807) is 17.5 Å². The van der Waals surface area contributed by atoms with Crippen molar-refractivity contribution in [2.24, 2.45) is 0 Å². The Hall–Kier alpha value is -1.29. The molecule has 0 saturated heterocycles. The fraction of sp³-hybridized carbons (Fsp3) is 0. The number of fused-ring (bicyclic) bond motifs is 1. The van der Waals surface area contributed by atoms with Gasteiger partial charge in [0.1, 0.15) is 0 Å². The van der Waals surface area contributed by atoms with E-state index in [2.05, 4.69) is 4.98 Å². The van der Waals surface area contributed by atoms with Gasteiger partial charge in [-0.15, -0.1) is 11.3 Å². The van der Waals surface area contributed by atoms with Crippen molar-refractivity contribution in [2.75, 3.05) is 11.5 Å². The fourth-order valence-electron chi connectivity index (χ4n) is 0.956. The Morgan fingerprint density at radius 2 is 2.09 bits per heavy atom. The van der Waals surface area contributed by atoms with Crippen molar-refractivity contribution in [3.05, 3.63) is 17.0 Å². The van der Waals surface area contributed by atoms with Crippen LogP contribution >= 0.6 is 11.3 Å². The predicted molar refractivity (Wildman–Crippen MR) is 48.4 cm³/mol. The van der Waals surface area contributed by atoms with Gasteiger partial charge < -0.3 is 11.5 Å². The molecule has 0 fully saturated rings. The minimum absolute atomic E-state index is 0.552. The van der Waals surface area contributed by atoms with Gasteiger partial charge in [0.05, 0.1) is 23.1 Å². The van der Waals surface area contributed by atoms with Crippen LogP contribution in [0.15, 0.2) is 17.0 Å². The predicted octanol–water partition coefficient (Wildman–Crippen LogP) is 1.46. The quantitative estimate of drug-likeness (QED) is 0.621. The number of hydrogen-bond donors (Lipinski definition) is 2. The number of anilines is 2. The van der Waals surface area contributed by atoms with Crippen LogP contribution < -0.4 is 11.5 Å². The summed E-state index contributed by atoms with van der Waals surface area (Å²) in [6.45, 7) is 0. The third-order valence-electron chi connectivity index (χ3n) is 1.59. The van der Waals surface area contributed by atoms with E-state index >= 15 is 0 Å². The molecule has 0 atom stereocenters. The molecule has 2 aromatic heterocycles. The summed E-state index contributed by atoms with van der Waals surface area (Å²) in [4.78, 5) is 4.11. The standard InChI is InChI=1S/C7H7N3S/c8-5-1-10-6-3-11-2-4(6)7(5)9/h1-3H,8-9H2. The number of thiophene rings is 1. The van der Waals surface area contributed by atoms with Gasteiger partial charge in [0.2, 0.25) is 0 Å². The van der Waals surface area contributed by atoms with Gasteiger partial charge in [0.15, 0.2) is 0 Å². The number of nitrogens with zero attached hydrogens (tertiary/aromatic N) is 1. The Morgan fingerprint density at radius 1 is 1.27 bits per heavy atom. The molecule has 0 aliphatic heterocycles. The van der Waals surface area contributed by atoms with Crippen molar-refractivity contribution in [1.82, 2.24) is 4.98 Å². The molecule has 0 radical (unpaired) electrons. The van der Waals surface area contributed by atoms with Crippen LogP contribution in [-0.2, 0) is 0 Å². The zero-order valence-electron chi connectivity index (χ0n) is 5.74. The highest BCUT2D eigenvalue weighted by molar-refractivity contribution is 7.09. The van der Waals surface area contributed by atoms with Crippen molar-refractivity contribution < 1.29 is 0 Å². The lowest BCUT2D eigenvalue weighted by atomic mass is 10.2. The van der Waals surface area contributed by atoms with Crippen LogP contribution in [0, 0.1) is 0 Å². The molecule has 0 amide bonds. The lowest BCUT2D eigenvalue weighted by Crippen LogP contribution is -1.95. The molecule has 4 N–H and O–H groups in total. The summed E-state index contributed by atoms with van der Waals surface area (Å²) >= 11 is 1.58.